The Morgan fingerprint density at radius 2 is 2.00 bits per heavy atom. The molecule has 0 atom stereocenters. The van der Waals surface area contributed by atoms with Crippen LogP contribution in [0.25, 0.3) is 0 Å². The molecule has 0 aliphatic carbocycles. The van der Waals surface area contributed by atoms with Crippen molar-refractivity contribution in [2.24, 2.45) is 0 Å². The van der Waals surface area contributed by atoms with E-state index in [9.17, 15) is 15.0 Å². The SMILES string of the molecule is Cc1ccc(CN(C)CC(=O)c2ccc(O)cc2O)o1. The fraction of sp³-hybridized carbons (Fsp3) is 0.267. The third kappa shape index (κ3) is 3.39. The average molecular weight is 275 g/mol. The van der Waals surface area contributed by atoms with E-state index in [-0.39, 0.29) is 29.4 Å². The number of likely N-dealkylation sites (N-methyl/N-ethyl adjacent to an activating group) is 1. The molecule has 0 unspecified atom stereocenters. The highest BCUT2D eigenvalue weighted by atomic mass is 16.3. The van der Waals surface area contributed by atoms with Crippen LogP contribution in [0.1, 0.15) is 21.9 Å². The van der Waals surface area contributed by atoms with E-state index >= 15 is 0 Å². The van der Waals surface area contributed by atoms with Crippen LogP contribution in [0.2, 0.25) is 0 Å². The van der Waals surface area contributed by atoms with Crippen molar-refractivity contribution in [2.75, 3.05) is 13.6 Å². The number of phenolic OH excluding ortho intramolecular Hbond substituents is 2. The maximum atomic E-state index is 12.1. The van der Waals surface area contributed by atoms with Crippen molar-refractivity contribution in [1.29, 1.82) is 0 Å². The molecule has 20 heavy (non-hydrogen) atoms. The van der Waals surface area contributed by atoms with Gasteiger partial charge in [0.2, 0.25) is 0 Å². The topological polar surface area (TPSA) is 73.9 Å². The minimum absolute atomic E-state index is 0.0709. The first-order valence-electron chi connectivity index (χ1n) is 6.25. The maximum Gasteiger partial charge on any atom is 0.180 e. The zero-order valence-electron chi connectivity index (χ0n) is 11.5. The number of phenols is 2. The summed E-state index contributed by atoms with van der Waals surface area (Å²) in [6.07, 6.45) is 0. The molecule has 0 saturated carbocycles. The first-order valence-corrected chi connectivity index (χ1v) is 6.25. The quantitative estimate of drug-likeness (QED) is 0.819. The van der Waals surface area contributed by atoms with Gasteiger partial charge in [0.25, 0.3) is 0 Å². The number of rotatable bonds is 5. The number of hydrogen-bond acceptors (Lipinski definition) is 5. The maximum absolute atomic E-state index is 12.1. The van der Waals surface area contributed by atoms with Gasteiger partial charge in [0.1, 0.15) is 23.0 Å². The van der Waals surface area contributed by atoms with Gasteiger partial charge in [-0.05, 0) is 38.2 Å². The molecule has 1 heterocycles. The summed E-state index contributed by atoms with van der Waals surface area (Å²) in [5.74, 6) is 1.12. The van der Waals surface area contributed by atoms with Gasteiger partial charge in [-0.2, -0.15) is 0 Å². The fourth-order valence-electron chi connectivity index (χ4n) is 1.98. The highest BCUT2D eigenvalue weighted by Crippen LogP contribution is 2.23. The molecule has 0 amide bonds. The van der Waals surface area contributed by atoms with E-state index in [0.717, 1.165) is 17.6 Å². The molecule has 2 rings (SSSR count). The number of aryl methyl sites for hydroxylation is 1. The van der Waals surface area contributed by atoms with Gasteiger partial charge in [0.15, 0.2) is 5.78 Å². The van der Waals surface area contributed by atoms with E-state index in [0.29, 0.717) is 6.54 Å². The molecule has 5 heteroatoms. The Morgan fingerprint density at radius 3 is 2.60 bits per heavy atom. The number of Topliss-reactive ketones (excluding diaryl/α,β-unsaturated/α-hetero) is 1. The van der Waals surface area contributed by atoms with E-state index in [1.807, 2.05) is 19.1 Å². The predicted octanol–water partition coefficient (Wildman–Crippen LogP) is 2.31. The summed E-state index contributed by atoms with van der Waals surface area (Å²) in [5, 5.41) is 18.9. The molecular weight excluding hydrogens is 258 g/mol. The van der Waals surface area contributed by atoms with Crippen molar-refractivity contribution in [3.8, 4) is 11.5 Å². The Morgan fingerprint density at radius 1 is 1.25 bits per heavy atom. The minimum atomic E-state index is -0.215. The van der Waals surface area contributed by atoms with Crippen molar-refractivity contribution in [1.82, 2.24) is 4.90 Å². The van der Waals surface area contributed by atoms with E-state index in [2.05, 4.69) is 0 Å². The molecule has 0 radical (unpaired) electrons. The van der Waals surface area contributed by atoms with Crippen LogP contribution in [0.5, 0.6) is 11.5 Å². The second-order valence-corrected chi connectivity index (χ2v) is 4.81. The third-order valence-corrected chi connectivity index (χ3v) is 2.92. The highest BCUT2D eigenvalue weighted by molar-refractivity contribution is 6.00. The van der Waals surface area contributed by atoms with E-state index < -0.39 is 0 Å². The summed E-state index contributed by atoms with van der Waals surface area (Å²) in [6, 6.07) is 7.69. The lowest BCUT2D eigenvalue weighted by Gasteiger charge is -2.14. The van der Waals surface area contributed by atoms with Gasteiger partial charge in [0.05, 0.1) is 18.7 Å². The summed E-state index contributed by atoms with van der Waals surface area (Å²) in [4.78, 5) is 13.9. The zero-order valence-corrected chi connectivity index (χ0v) is 11.5. The number of hydrogen-bond donors (Lipinski definition) is 2. The van der Waals surface area contributed by atoms with Gasteiger partial charge in [0, 0.05) is 6.07 Å². The van der Waals surface area contributed by atoms with Gasteiger partial charge in [-0.25, -0.2) is 0 Å². The van der Waals surface area contributed by atoms with Crippen LogP contribution in [-0.4, -0.2) is 34.5 Å². The van der Waals surface area contributed by atoms with Gasteiger partial charge < -0.3 is 14.6 Å². The molecule has 0 fully saturated rings. The number of ketones is 1. The molecule has 2 aromatic rings. The second kappa shape index (κ2) is 5.79. The number of benzene rings is 1. The summed E-state index contributed by atoms with van der Waals surface area (Å²) in [6.45, 7) is 2.53. The molecule has 0 bridgehead atoms. The van der Waals surface area contributed by atoms with Crippen LogP contribution in [0.3, 0.4) is 0 Å². The smallest absolute Gasteiger partial charge is 0.180 e. The summed E-state index contributed by atoms with van der Waals surface area (Å²) in [5.41, 5.74) is 0.199. The minimum Gasteiger partial charge on any atom is -0.508 e. The van der Waals surface area contributed by atoms with Crippen LogP contribution in [-0.2, 0) is 6.54 Å². The number of aromatic hydroxyl groups is 2. The summed E-state index contributed by atoms with van der Waals surface area (Å²) >= 11 is 0. The Hall–Kier alpha value is -2.27. The van der Waals surface area contributed by atoms with E-state index in [1.165, 1.54) is 12.1 Å². The molecule has 1 aromatic carbocycles. The summed E-state index contributed by atoms with van der Waals surface area (Å²) < 4.78 is 5.45. The van der Waals surface area contributed by atoms with Crippen molar-refractivity contribution in [2.45, 2.75) is 13.5 Å². The molecular formula is C15H17NO4. The molecule has 106 valence electrons. The van der Waals surface area contributed by atoms with Crippen LogP contribution >= 0.6 is 0 Å². The van der Waals surface area contributed by atoms with E-state index in [1.54, 1.807) is 11.9 Å². The normalized spacial score (nSPS) is 10.9. The lowest BCUT2D eigenvalue weighted by atomic mass is 10.1. The lowest BCUT2D eigenvalue weighted by Crippen LogP contribution is -2.25. The molecule has 2 N–H and O–H groups in total. The second-order valence-electron chi connectivity index (χ2n) is 4.81. The Balaban J connectivity index is 2.00. The molecule has 0 aliphatic heterocycles. The van der Waals surface area contributed by atoms with Crippen molar-refractivity contribution in [3.05, 3.63) is 47.4 Å². The summed E-state index contributed by atoms with van der Waals surface area (Å²) in [7, 11) is 1.80. The third-order valence-electron chi connectivity index (χ3n) is 2.92. The van der Waals surface area contributed by atoms with Gasteiger partial charge >= 0.3 is 0 Å². The van der Waals surface area contributed by atoms with Crippen LogP contribution in [0.15, 0.2) is 34.7 Å². The molecule has 1 aromatic heterocycles. The molecule has 0 spiro atoms. The van der Waals surface area contributed by atoms with Crippen molar-refractivity contribution >= 4 is 5.78 Å². The first-order chi connectivity index (χ1) is 9.45. The van der Waals surface area contributed by atoms with Crippen LogP contribution in [0.4, 0.5) is 0 Å². The number of carbonyl (C=O) groups is 1. The number of furan rings is 1. The van der Waals surface area contributed by atoms with Crippen molar-refractivity contribution in [3.63, 3.8) is 0 Å². The van der Waals surface area contributed by atoms with Crippen LogP contribution < -0.4 is 0 Å². The lowest BCUT2D eigenvalue weighted by molar-refractivity contribution is 0.0937. The fourth-order valence-corrected chi connectivity index (χ4v) is 1.98. The molecule has 5 nitrogen and oxygen atoms in total. The van der Waals surface area contributed by atoms with Gasteiger partial charge in [-0.15, -0.1) is 0 Å². The largest absolute Gasteiger partial charge is 0.508 e. The van der Waals surface area contributed by atoms with Gasteiger partial charge in [-0.1, -0.05) is 0 Å². The standard InChI is InChI=1S/C15H17NO4/c1-10-3-5-12(20-10)8-16(2)9-15(19)13-6-4-11(17)7-14(13)18/h3-7,17-18H,8-9H2,1-2H3. The zero-order chi connectivity index (χ0) is 14.7. The number of carbonyl (C=O) groups excluding carboxylic acids is 1. The van der Waals surface area contributed by atoms with Crippen molar-refractivity contribution < 1.29 is 19.4 Å². The Kier molecular flexibility index (Phi) is 4.10. The van der Waals surface area contributed by atoms with E-state index in [4.69, 9.17) is 4.42 Å². The Bertz CT molecular complexity index is 618. The predicted molar refractivity (Wildman–Crippen MR) is 73.9 cm³/mol. The highest BCUT2D eigenvalue weighted by Gasteiger charge is 2.14. The Labute approximate surface area is 117 Å². The molecule has 0 aliphatic rings. The van der Waals surface area contributed by atoms with Gasteiger partial charge in [-0.3, -0.25) is 9.69 Å². The number of nitrogens with zero attached hydrogens (tertiary/aromatic N) is 1. The average Bonchev–Trinajstić information content (AvgIpc) is 2.74. The monoisotopic (exact) mass is 275 g/mol. The van der Waals surface area contributed by atoms with Crippen LogP contribution in [0, 0.1) is 6.92 Å². The molecule has 0 saturated heterocycles. The first kappa shape index (κ1) is 14.1.